The Morgan fingerprint density at radius 3 is 1.81 bits per heavy atom. The highest BCUT2D eigenvalue weighted by Crippen LogP contribution is 2.52. The number of para-hydroxylation sites is 2. The van der Waals surface area contributed by atoms with Crippen LogP contribution in [-0.2, 0) is 5.41 Å². The molecule has 1 aliphatic rings. The van der Waals surface area contributed by atoms with Crippen molar-refractivity contribution in [2.45, 2.75) is 19.3 Å². The Hall–Kier alpha value is -6.85. The molecule has 5 nitrogen and oxygen atoms in total. The monoisotopic (exact) mass is 684 g/mol. The topological polar surface area (TPSA) is 48.5 Å². The minimum Gasteiger partial charge on any atom is -0.307 e. The maximum absolute atomic E-state index is 8.91. The number of hydrogen-bond donors (Lipinski definition) is 0. The molecular weight excluding hydrogens is 647 g/mol. The van der Waals surface area contributed by atoms with E-state index in [4.69, 9.17) is 21.8 Å². The van der Waals surface area contributed by atoms with Crippen LogP contribution in [0.2, 0.25) is 0 Å². The smallest absolute Gasteiger partial charge is 0.238 e. The zero-order valence-corrected chi connectivity index (χ0v) is 28.9. The van der Waals surface area contributed by atoms with Crippen LogP contribution < -0.4 is 0 Å². The number of rotatable bonds is 4. The largest absolute Gasteiger partial charge is 0.307 e. The number of aromatic nitrogens is 5. The lowest BCUT2D eigenvalue weighted by molar-refractivity contribution is 0.660. The van der Waals surface area contributed by atoms with E-state index in [2.05, 4.69) is 108 Å². The standard InChI is InChI=1S/C48H33N5/c1-48(2)37-23-12-9-22-36(37)42-38(48)24-15-27-41(42)52-39-25-13-10-20-32(39)34-28-29-35-33-21-11-14-26-40(33)53(44(35)43(34)52)47-50-45(30-16-5-3-6-17-30)49-46(51-47)31-18-7-4-8-19-31/h3-29H,1-2H3/i3D,5D,6D,16D,17D. The Morgan fingerprint density at radius 1 is 0.491 bits per heavy atom. The molecule has 11 rings (SSSR count). The van der Waals surface area contributed by atoms with Crippen LogP contribution in [0.15, 0.2) is 164 Å². The highest BCUT2D eigenvalue weighted by Gasteiger charge is 2.37. The summed E-state index contributed by atoms with van der Waals surface area (Å²) in [5, 5.41) is 4.14. The van der Waals surface area contributed by atoms with Gasteiger partial charge in [-0.25, -0.2) is 4.98 Å². The summed E-state index contributed by atoms with van der Waals surface area (Å²) >= 11 is 0. The maximum atomic E-state index is 8.91. The third kappa shape index (κ3) is 4.22. The van der Waals surface area contributed by atoms with E-state index < -0.39 is 18.1 Å². The average Bonchev–Trinajstić information content (AvgIpc) is 3.86. The molecule has 0 radical (unpaired) electrons. The predicted molar refractivity (Wildman–Crippen MR) is 217 cm³/mol. The molecule has 0 saturated heterocycles. The van der Waals surface area contributed by atoms with Gasteiger partial charge in [-0.15, -0.1) is 0 Å². The molecule has 10 aromatic rings. The molecule has 3 heterocycles. The van der Waals surface area contributed by atoms with E-state index in [0.717, 1.165) is 49.3 Å². The van der Waals surface area contributed by atoms with Gasteiger partial charge in [-0.05, 0) is 34.9 Å². The van der Waals surface area contributed by atoms with Crippen molar-refractivity contribution < 1.29 is 6.85 Å². The van der Waals surface area contributed by atoms with Gasteiger partial charge in [-0.2, -0.15) is 9.97 Å². The first kappa shape index (κ1) is 25.2. The maximum Gasteiger partial charge on any atom is 0.238 e. The summed E-state index contributed by atoms with van der Waals surface area (Å²) in [7, 11) is 0. The summed E-state index contributed by atoms with van der Waals surface area (Å²) in [4.78, 5) is 15.0. The Morgan fingerprint density at radius 2 is 1.08 bits per heavy atom. The molecule has 7 aromatic carbocycles. The van der Waals surface area contributed by atoms with Crippen LogP contribution in [0.5, 0.6) is 0 Å². The first-order chi connectivity index (χ1) is 28.1. The van der Waals surface area contributed by atoms with E-state index >= 15 is 0 Å². The lowest BCUT2D eigenvalue weighted by atomic mass is 9.82. The SMILES string of the molecule is [2H]c1c([2H])c([2H])c(-c2nc(-c3ccccc3)nc(-n3c4ccccc4c4ccc5c6ccccc6n(-c6cccc7c6-c6ccccc6C7(C)C)c5c43)n2)c([2H])c1[2H]. The molecular formula is C48H33N5. The van der Waals surface area contributed by atoms with E-state index in [0.29, 0.717) is 11.4 Å². The molecule has 0 bridgehead atoms. The van der Waals surface area contributed by atoms with Crippen molar-refractivity contribution >= 4 is 43.6 Å². The minimum atomic E-state index is -0.479. The second-order valence-corrected chi connectivity index (χ2v) is 14.1. The Balaban J connectivity index is 1.32. The van der Waals surface area contributed by atoms with Crippen molar-refractivity contribution in [2.75, 3.05) is 0 Å². The third-order valence-corrected chi connectivity index (χ3v) is 10.9. The van der Waals surface area contributed by atoms with Crippen LogP contribution in [0.1, 0.15) is 31.8 Å². The van der Waals surface area contributed by atoms with Gasteiger partial charge in [0.15, 0.2) is 11.6 Å². The van der Waals surface area contributed by atoms with Gasteiger partial charge in [0.25, 0.3) is 0 Å². The fourth-order valence-corrected chi connectivity index (χ4v) is 8.53. The van der Waals surface area contributed by atoms with Crippen molar-refractivity contribution in [3.63, 3.8) is 0 Å². The van der Waals surface area contributed by atoms with Crippen LogP contribution in [0.4, 0.5) is 0 Å². The molecule has 0 unspecified atom stereocenters. The summed E-state index contributed by atoms with van der Waals surface area (Å²) in [5.74, 6) is 0.556. The Kier molecular flexibility index (Phi) is 5.26. The zero-order chi connectivity index (χ0) is 39.6. The number of hydrogen-bond acceptors (Lipinski definition) is 3. The van der Waals surface area contributed by atoms with Gasteiger partial charge >= 0.3 is 0 Å². The Bertz CT molecular complexity index is 3360. The first-order valence-corrected chi connectivity index (χ1v) is 17.7. The van der Waals surface area contributed by atoms with Crippen LogP contribution >= 0.6 is 0 Å². The zero-order valence-electron chi connectivity index (χ0n) is 33.9. The average molecular weight is 685 g/mol. The molecule has 5 heteroatoms. The van der Waals surface area contributed by atoms with Crippen molar-refractivity contribution in [2.24, 2.45) is 0 Å². The van der Waals surface area contributed by atoms with Gasteiger partial charge in [0.05, 0.1) is 34.6 Å². The number of benzene rings is 7. The van der Waals surface area contributed by atoms with Gasteiger partial charge in [0.2, 0.25) is 5.95 Å². The van der Waals surface area contributed by atoms with Crippen LogP contribution in [0, 0.1) is 0 Å². The first-order valence-electron chi connectivity index (χ1n) is 20.2. The van der Waals surface area contributed by atoms with Gasteiger partial charge < -0.3 is 4.57 Å². The predicted octanol–water partition coefficient (Wildman–Crippen LogP) is 11.7. The molecule has 0 spiro atoms. The molecule has 0 fully saturated rings. The lowest BCUT2D eigenvalue weighted by Gasteiger charge is -2.22. The molecule has 0 amide bonds. The molecule has 0 atom stereocenters. The van der Waals surface area contributed by atoms with E-state index in [-0.39, 0.29) is 34.8 Å². The van der Waals surface area contributed by atoms with Gasteiger partial charge in [-0.1, -0.05) is 159 Å². The molecule has 3 aromatic heterocycles. The van der Waals surface area contributed by atoms with E-state index in [1.54, 1.807) is 0 Å². The second-order valence-electron chi connectivity index (χ2n) is 14.1. The van der Waals surface area contributed by atoms with Crippen molar-refractivity contribution in [3.8, 4) is 45.5 Å². The van der Waals surface area contributed by atoms with Gasteiger partial charge in [0.1, 0.15) is 0 Å². The Labute approximate surface area is 313 Å². The van der Waals surface area contributed by atoms with E-state index in [9.17, 15) is 0 Å². The van der Waals surface area contributed by atoms with Crippen molar-refractivity contribution in [1.29, 1.82) is 0 Å². The summed E-state index contributed by atoms with van der Waals surface area (Å²) in [6, 6.07) is 43.6. The summed E-state index contributed by atoms with van der Waals surface area (Å²) in [6.07, 6.45) is 0. The molecule has 250 valence electrons. The normalized spacial score (nSPS) is 14.6. The van der Waals surface area contributed by atoms with Crippen LogP contribution in [0.3, 0.4) is 0 Å². The minimum absolute atomic E-state index is 0.0146. The van der Waals surface area contributed by atoms with Gasteiger partial charge in [-0.3, -0.25) is 4.57 Å². The summed E-state index contributed by atoms with van der Waals surface area (Å²) in [5.41, 5.74) is 10.2. The summed E-state index contributed by atoms with van der Waals surface area (Å²) in [6.45, 7) is 4.59. The van der Waals surface area contributed by atoms with Crippen LogP contribution in [0.25, 0.3) is 89.2 Å². The molecule has 1 aliphatic carbocycles. The summed E-state index contributed by atoms with van der Waals surface area (Å²) < 4.78 is 47.5. The van der Waals surface area contributed by atoms with Gasteiger partial charge in [0, 0.05) is 43.7 Å². The van der Waals surface area contributed by atoms with Crippen LogP contribution in [-0.4, -0.2) is 24.1 Å². The number of nitrogens with zero attached hydrogens (tertiary/aromatic N) is 5. The van der Waals surface area contributed by atoms with E-state index in [1.807, 2.05) is 48.5 Å². The lowest BCUT2D eigenvalue weighted by Crippen LogP contribution is -2.15. The molecule has 0 saturated carbocycles. The third-order valence-electron chi connectivity index (χ3n) is 10.9. The number of fused-ring (bicyclic) bond motifs is 10. The highest BCUT2D eigenvalue weighted by molar-refractivity contribution is 6.24. The molecule has 0 N–H and O–H groups in total. The highest BCUT2D eigenvalue weighted by atomic mass is 15.2. The molecule has 0 aliphatic heterocycles. The van der Waals surface area contributed by atoms with Crippen molar-refractivity contribution in [3.05, 3.63) is 175 Å². The fraction of sp³-hybridized carbons (Fsp3) is 0.0625. The van der Waals surface area contributed by atoms with Crippen molar-refractivity contribution in [1.82, 2.24) is 24.1 Å². The molecule has 53 heavy (non-hydrogen) atoms. The quantitative estimate of drug-likeness (QED) is 0.185. The van der Waals surface area contributed by atoms with E-state index in [1.165, 1.54) is 22.3 Å². The fourth-order valence-electron chi connectivity index (χ4n) is 8.53. The second kappa shape index (κ2) is 11.1.